The molecule has 2 saturated carbocycles. The number of epoxide rings is 2. The van der Waals surface area contributed by atoms with E-state index >= 15 is 0 Å². The summed E-state index contributed by atoms with van der Waals surface area (Å²) in [4.78, 5) is 8.56. The van der Waals surface area contributed by atoms with Crippen LogP contribution in [-0.4, -0.2) is 27.9 Å². The van der Waals surface area contributed by atoms with Crippen molar-refractivity contribution in [2.24, 2.45) is 23.7 Å². The Kier molecular flexibility index (Phi) is 3.69. The van der Waals surface area contributed by atoms with Gasteiger partial charge in [-0.15, -0.1) is 0 Å². The molecule has 2 saturated heterocycles. The molecule has 2 N–H and O–H groups in total. The van der Waals surface area contributed by atoms with Gasteiger partial charge in [-0.1, -0.05) is 39.5 Å². The largest absolute Gasteiger partial charge is 0.503 e. The molecule has 0 amide bonds. The average molecular weight is 298 g/mol. The minimum absolute atomic E-state index is 0.0674. The smallest absolute Gasteiger partial charge is 0.450 e. The quantitative estimate of drug-likeness (QED) is 0.755. The van der Waals surface area contributed by atoms with Gasteiger partial charge in [0.1, 0.15) is 0 Å². The van der Waals surface area contributed by atoms with E-state index < -0.39 is 6.16 Å². The van der Waals surface area contributed by atoms with Gasteiger partial charge < -0.3 is 19.7 Å². The molecule has 0 spiro atoms. The van der Waals surface area contributed by atoms with E-state index in [0.717, 1.165) is 30.1 Å². The molecule has 5 nitrogen and oxygen atoms in total. The van der Waals surface area contributed by atoms with E-state index in [2.05, 4.69) is 13.8 Å². The van der Waals surface area contributed by atoms with Crippen LogP contribution in [0, 0.1) is 23.7 Å². The number of ether oxygens (including phenoxy) is 2. The third kappa shape index (κ3) is 2.78. The van der Waals surface area contributed by atoms with Gasteiger partial charge in [-0.3, -0.25) is 0 Å². The zero-order valence-corrected chi connectivity index (χ0v) is 12.9. The molecule has 4 aliphatic rings. The first-order valence-corrected chi connectivity index (χ1v) is 8.20. The van der Waals surface area contributed by atoms with Crippen LogP contribution in [0.1, 0.15) is 58.8 Å². The molecule has 4 unspecified atom stereocenters. The van der Waals surface area contributed by atoms with Crippen molar-refractivity contribution in [3.8, 4) is 0 Å². The van der Waals surface area contributed by atoms with E-state index in [1.54, 1.807) is 0 Å². The SMILES string of the molecule is CC1CCCCC1CC1CC23OC2(CC1C)O3.O=C(O)O. The number of rotatable bonds is 2. The van der Waals surface area contributed by atoms with Crippen molar-refractivity contribution in [3.05, 3.63) is 0 Å². The van der Waals surface area contributed by atoms with Crippen LogP contribution in [0.3, 0.4) is 0 Å². The Morgan fingerprint density at radius 1 is 1.00 bits per heavy atom. The summed E-state index contributed by atoms with van der Waals surface area (Å²) in [6.45, 7) is 4.86. The van der Waals surface area contributed by atoms with E-state index in [-0.39, 0.29) is 11.6 Å². The Labute approximate surface area is 125 Å². The Hall–Kier alpha value is -0.810. The highest BCUT2D eigenvalue weighted by molar-refractivity contribution is 5.53. The molecule has 2 aliphatic heterocycles. The molecule has 2 aliphatic carbocycles. The second-order valence-corrected chi connectivity index (χ2v) is 7.40. The van der Waals surface area contributed by atoms with Gasteiger partial charge >= 0.3 is 6.16 Å². The van der Waals surface area contributed by atoms with E-state index in [9.17, 15) is 0 Å². The van der Waals surface area contributed by atoms with Crippen LogP contribution in [0.15, 0.2) is 0 Å². The van der Waals surface area contributed by atoms with Gasteiger partial charge in [-0.2, -0.15) is 0 Å². The monoisotopic (exact) mass is 298 g/mol. The van der Waals surface area contributed by atoms with Crippen molar-refractivity contribution in [1.82, 2.24) is 0 Å². The fourth-order valence-corrected chi connectivity index (χ4v) is 4.55. The zero-order valence-electron chi connectivity index (χ0n) is 12.9. The maximum atomic E-state index is 8.56. The second kappa shape index (κ2) is 5.13. The van der Waals surface area contributed by atoms with Crippen LogP contribution >= 0.6 is 0 Å². The summed E-state index contributed by atoms with van der Waals surface area (Å²) in [6, 6.07) is 0. The lowest BCUT2D eigenvalue weighted by atomic mass is 9.70. The van der Waals surface area contributed by atoms with Crippen molar-refractivity contribution in [2.75, 3.05) is 0 Å². The molecule has 0 aromatic carbocycles. The third-order valence-electron chi connectivity index (χ3n) is 5.98. The fourth-order valence-electron chi connectivity index (χ4n) is 4.55. The fraction of sp³-hybridized carbons (Fsp3) is 0.938. The number of hydrogen-bond donors (Lipinski definition) is 2. The number of hydrogen-bond acceptors (Lipinski definition) is 3. The van der Waals surface area contributed by atoms with Crippen LogP contribution in [0.5, 0.6) is 0 Å². The van der Waals surface area contributed by atoms with Crippen molar-refractivity contribution in [2.45, 2.75) is 70.4 Å². The lowest BCUT2D eigenvalue weighted by molar-refractivity contribution is -0.0948. The molecule has 0 aromatic heterocycles. The minimum atomic E-state index is -1.83. The Morgan fingerprint density at radius 3 is 2.19 bits per heavy atom. The Bertz CT molecular complexity index is 411. The lowest BCUT2D eigenvalue weighted by Gasteiger charge is -2.34. The molecule has 0 aromatic rings. The molecule has 0 radical (unpaired) electrons. The molecule has 2 heterocycles. The summed E-state index contributed by atoms with van der Waals surface area (Å²) in [5, 5.41) is 13.9. The number of carbonyl (C=O) groups is 1. The van der Waals surface area contributed by atoms with Crippen molar-refractivity contribution < 1.29 is 24.5 Å². The number of carboxylic acid groups (broad SMARTS) is 2. The van der Waals surface area contributed by atoms with Gasteiger partial charge in [0.2, 0.25) is 11.6 Å². The van der Waals surface area contributed by atoms with Crippen LogP contribution in [0.25, 0.3) is 0 Å². The summed E-state index contributed by atoms with van der Waals surface area (Å²) in [6.07, 6.45) is 7.75. The summed E-state index contributed by atoms with van der Waals surface area (Å²) < 4.78 is 11.5. The van der Waals surface area contributed by atoms with Crippen molar-refractivity contribution >= 4 is 6.16 Å². The first-order valence-electron chi connectivity index (χ1n) is 8.20. The van der Waals surface area contributed by atoms with Crippen LogP contribution in [-0.2, 0) is 9.47 Å². The van der Waals surface area contributed by atoms with Crippen LogP contribution in [0.2, 0.25) is 0 Å². The summed E-state index contributed by atoms with van der Waals surface area (Å²) in [7, 11) is 0. The topological polar surface area (TPSA) is 82.6 Å². The second-order valence-electron chi connectivity index (χ2n) is 7.40. The maximum Gasteiger partial charge on any atom is 0.503 e. The van der Waals surface area contributed by atoms with Crippen molar-refractivity contribution in [1.29, 1.82) is 0 Å². The Balaban J connectivity index is 0.000000298. The van der Waals surface area contributed by atoms with Gasteiger partial charge in [0, 0.05) is 12.8 Å². The first-order chi connectivity index (χ1) is 9.87. The van der Waals surface area contributed by atoms with E-state index in [1.807, 2.05) is 0 Å². The third-order valence-corrected chi connectivity index (χ3v) is 5.98. The highest BCUT2D eigenvalue weighted by Crippen LogP contribution is 2.76. The molecule has 0 bridgehead atoms. The van der Waals surface area contributed by atoms with E-state index in [4.69, 9.17) is 24.5 Å². The standard InChI is InChI=1S/C15H24O2.CH2O3/c1-10-5-3-4-6-12(10)7-13-9-15-14(16-15,17-15)8-11(13)2;2-1(3)4/h10-13H,3-9H2,1-2H3;(H2,2,3,4). The van der Waals surface area contributed by atoms with Gasteiger partial charge in [0.25, 0.3) is 0 Å². The predicted octanol–water partition coefficient (Wildman–Crippen LogP) is 3.92. The molecule has 4 atom stereocenters. The lowest BCUT2D eigenvalue weighted by Crippen LogP contribution is -2.27. The highest BCUT2D eigenvalue weighted by Gasteiger charge is 2.92. The molecule has 4 rings (SSSR count). The predicted molar refractivity (Wildman–Crippen MR) is 75.9 cm³/mol. The summed E-state index contributed by atoms with van der Waals surface area (Å²) in [5.74, 6) is 3.42. The Morgan fingerprint density at radius 2 is 1.57 bits per heavy atom. The summed E-state index contributed by atoms with van der Waals surface area (Å²) in [5.41, 5.74) is 0. The van der Waals surface area contributed by atoms with Gasteiger partial charge in [0.05, 0.1) is 0 Å². The van der Waals surface area contributed by atoms with Crippen LogP contribution in [0.4, 0.5) is 4.79 Å². The molecular weight excluding hydrogens is 272 g/mol. The molecular formula is C16H26O5. The maximum absolute atomic E-state index is 8.56. The summed E-state index contributed by atoms with van der Waals surface area (Å²) >= 11 is 0. The molecule has 21 heavy (non-hydrogen) atoms. The minimum Gasteiger partial charge on any atom is -0.450 e. The first kappa shape index (κ1) is 15.1. The van der Waals surface area contributed by atoms with E-state index in [0.29, 0.717) is 0 Å². The molecule has 5 heteroatoms. The zero-order chi connectivity index (χ0) is 15.3. The molecule has 120 valence electrons. The highest BCUT2D eigenvalue weighted by atomic mass is 17.0. The van der Waals surface area contributed by atoms with Crippen molar-refractivity contribution in [3.63, 3.8) is 0 Å². The van der Waals surface area contributed by atoms with Gasteiger partial charge in [-0.25, -0.2) is 4.79 Å². The van der Waals surface area contributed by atoms with Gasteiger partial charge in [-0.05, 0) is 30.1 Å². The van der Waals surface area contributed by atoms with E-state index in [1.165, 1.54) is 38.5 Å². The molecule has 4 fully saturated rings. The average Bonchev–Trinajstić information content (AvgIpc) is 3.17. The normalized spacial score (nSPS) is 50.0. The van der Waals surface area contributed by atoms with Crippen LogP contribution < -0.4 is 0 Å². The van der Waals surface area contributed by atoms with Gasteiger partial charge in [0.15, 0.2) is 0 Å².